The minimum Gasteiger partial charge on any atom is -0.508 e. The Hall–Kier alpha value is -1.77. The molecule has 1 aromatic carbocycles. The normalized spacial score (nSPS) is 10.5. The fourth-order valence-electron chi connectivity index (χ4n) is 1.68. The Morgan fingerprint density at radius 3 is 2.67 bits per heavy atom. The number of nitrogens with zero attached hydrogens (tertiary/aromatic N) is 1. The number of aromatic nitrogens is 1. The Labute approximate surface area is 88.3 Å². The second-order valence-electron chi connectivity index (χ2n) is 3.34. The molecule has 1 heterocycles. The van der Waals surface area contributed by atoms with Crippen molar-refractivity contribution in [1.29, 1.82) is 0 Å². The highest BCUT2D eigenvalue weighted by Gasteiger charge is 2.07. The van der Waals surface area contributed by atoms with E-state index in [0.717, 1.165) is 22.9 Å². The molecule has 0 amide bonds. The van der Waals surface area contributed by atoms with E-state index in [1.807, 2.05) is 25.1 Å². The zero-order valence-electron chi connectivity index (χ0n) is 8.82. The van der Waals surface area contributed by atoms with Crippen molar-refractivity contribution in [2.45, 2.75) is 13.3 Å². The summed E-state index contributed by atoms with van der Waals surface area (Å²) >= 11 is 0. The van der Waals surface area contributed by atoms with E-state index in [0.29, 0.717) is 11.6 Å². The Morgan fingerprint density at radius 2 is 2.00 bits per heavy atom. The maximum absolute atomic E-state index is 9.69. The molecule has 0 bridgehead atoms. The van der Waals surface area contributed by atoms with Gasteiger partial charge in [-0.1, -0.05) is 6.92 Å². The van der Waals surface area contributed by atoms with Gasteiger partial charge in [0.25, 0.3) is 0 Å². The van der Waals surface area contributed by atoms with Crippen LogP contribution in [0.1, 0.15) is 12.5 Å². The van der Waals surface area contributed by atoms with Crippen LogP contribution in [0, 0.1) is 0 Å². The van der Waals surface area contributed by atoms with Gasteiger partial charge in [-0.3, -0.25) is 0 Å². The molecule has 3 nitrogen and oxygen atoms in total. The molecule has 0 atom stereocenters. The standard InChI is InChI=1S/C12H13NO2/c1-3-9-10(14)6-4-8-5-7-11(15-2)13-12(8)9/h4-7,14H,3H2,1-2H3. The van der Waals surface area contributed by atoms with Gasteiger partial charge in [-0.2, -0.15) is 0 Å². The van der Waals surface area contributed by atoms with Crippen LogP contribution in [0.3, 0.4) is 0 Å². The Bertz CT molecular complexity index is 494. The van der Waals surface area contributed by atoms with E-state index in [9.17, 15) is 5.11 Å². The summed E-state index contributed by atoms with van der Waals surface area (Å²) in [5.41, 5.74) is 1.68. The molecule has 2 rings (SSSR count). The van der Waals surface area contributed by atoms with Crippen LogP contribution in [0.4, 0.5) is 0 Å². The minimum absolute atomic E-state index is 0.297. The summed E-state index contributed by atoms with van der Waals surface area (Å²) in [6.07, 6.45) is 0.753. The molecule has 0 aliphatic carbocycles. The van der Waals surface area contributed by atoms with Crippen LogP contribution in [-0.2, 0) is 6.42 Å². The third-order valence-corrected chi connectivity index (χ3v) is 2.48. The van der Waals surface area contributed by atoms with Crippen LogP contribution in [0.5, 0.6) is 11.6 Å². The first kappa shape index (κ1) is 9.77. The second kappa shape index (κ2) is 3.77. The van der Waals surface area contributed by atoms with Crippen LogP contribution in [0.2, 0.25) is 0 Å². The number of pyridine rings is 1. The number of rotatable bonds is 2. The minimum atomic E-state index is 0.297. The van der Waals surface area contributed by atoms with E-state index in [1.165, 1.54) is 0 Å². The van der Waals surface area contributed by atoms with Gasteiger partial charge in [0.05, 0.1) is 12.6 Å². The van der Waals surface area contributed by atoms with Crippen molar-refractivity contribution in [1.82, 2.24) is 4.98 Å². The van der Waals surface area contributed by atoms with Crippen LogP contribution in [0.25, 0.3) is 10.9 Å². The van der Waals surface area contributed by atoms with Gasteiger partial charge in [-0.15, -0.1) is 0 Å². The highest BCUT2D eigenvalue weighted by Crippen LogP contribution is 2.27. The molecule has 78 valence electrons. The summed E-state index contributed by atoms with van der Waals surface area (Å²) in [7, 11) is 1.59. The molecule has 15 heavy (non-hydrogen) atoms. The number of phenolic OH excluding ortho intramolecular Hbond substituents is 1. The molecular weight excluding hydrogens is 190 g/mol. The zero-order valence-corrected chi connectivity index (χ0v) is 8.82. The maximum Gasteiger partial charge on any atom is 0.213 e. The molecule has 0 aliphatic rings. The molecule has 0 saturated heterocycles. The van der Waals surface area contributed by atoms with Gasteiger partial charge in [0.1, 0.15) is 5.75 Å². The molecule has 0 saturated carbocycles. The monoisotopic (exact) mass is 203 g/mol. The number of hydrogen-bond donors (Lipinski definition) is 1. The van der Waals surface area contributed by atoms with E-state index in [-0.39, 0.29) is 0 Å². The second-order valence-corrected chi connectivity index (χ2v) is 3.34. The Kier molecular flexibility index (Phi) is 2.46. The van der Waals surface area contributed by atoms with Gasteiger partial charge in [0.15, 0.2) is 0 Å². The first-order valence-corrected chi connectivity index (χ1v) is 4.92. The zero-order chi connectivity index (χ0) is 10.8. The molecule has 3 heteroatoms. The number of hydrogen-bond acceptors (Lipinski definition) is 3. The highest BCUT2D eigenvalue weighted by atomic mass is 16.5. The highest BCUT2D eigenvalue weighted by molar-refractivity contribution is 5.84. The molecule has 0 fully saturated rings. The fraction of sp³-hybridized carbons (Fsp3) is 0.250. The van der Waals surface area contributed by atoms with Crippen LogP contribution in [0.15, 0.2) is 24.3 Å². The average molecular weight is 203 g/mol. The molecule has 0 radical (unpaired) electrons. The molecule has 0 spiro atoms. The van der Waals surface area contributed by atoms with Crippen molar-refractivity contribution in [2.24, 2.45) is 0 Å². The lowest BCUT2D eigenvalue weighted by atomic mass is 10.1. The smallest absolute Gasteiger partial charge is 0.213 e. The van der Waals surface area contributed by atoms with Gasteiger partial charge < -0.3 is 9.84 Å². The number of phenols is 1. The average Bonchev–Trinajstić information content (AvgIpc) is 2.28. The van der Waals surface area contributed by atoms with Crippen molar-refractivity contribution in [3.05, 3.63) is 29.8 Å². The SMILES string of the molecule is CCc1c(O)ccc2ccc(OC)nc12. The Morgan fingerprint density at radius 1 is 1.27 bits per heavy atom. The molecule has 0 aliphatic heterocycles. The summed E-state index contributed by atoms with van der Waals surface area (Å²) < 4.78 is 5.07. The molecule has 1 aromatic heterocycles. The topological polar surface area (TPSA) is 42.4 Å². The summed E-state index contributed by atoms with van der Waals surface area (Å²) in [4.78, 5) is 4.34. The summed E-state index contributed by atoms with van der Waals surface area (Å²) in [5, 5.41) is 10.7. The van der Waals surface area contributed by atoms with Crippen molar-refractivity contribution in [2.75, 3.05) is 7.11 Å². The molecule has 0 unspecified atom stereocenters. The number of benzene rings is 1. The van der Waals surface area contributed by atoms with Crippen LogP contribution >= 0.6 is 0 Å². The lowest BCUT2D eigenvalue weighted by molar-refractivity contribution is 0.399. The van der Waals surface area contributed by atoms with Crippen molar-refractivity contribution >= 4 is 10.9 Å². The lowest BCUT2D eigenvalue weighted by Crippen LogP contribution is -1.92. The molecule has 2 aromatic rings. The van der Waals surface area contributed by atoms with Crippen molar-refractivity contribution < 1.29 is 9.84 Å². The maximum atomic E-state index is 9.69. The van der Waals surface area contributed by atoms with Crippen molar-refractivity contribution in [3.8, 4) is 11.6 Å². The number of aryl methyl sites for hydroxylation is 1. The predicted molar refractivity (Wildman–Crippen MR) is 59.3 cm³/mol. The molecular formula is C12H13NO2. The first-order valence-electron chi connectivity index (χ1n) is 4.92. The largest absolute Gasteiger partial charge is 0.508 e. The van der Waals surface area contributed by atoms with Gasteiger partial charge in [-0.25, -0.2) is 4.98 Å². The number of aromatic hydroxyl groups is 1. The van der Waals surface area contributed by atoms with Crippen LogP contribution < -0.4 is 4.74 Å². The van der Waals surface area contributed by atoms with E-state index >= 15 is 0 Å². The van der Waals surface area contributed by atoms with Crippen LogP contribution in [-0.4, -0.2) is 17.2 Å². The quantitative estimate of drug-likeness (QED) is 0.815. The first-order chi connectivity index (χ1) is 7.26. The van der Waals surface area contributed by atoms with E-state index in [4.69, 9.17) is 4.74 Å². The van der Waals surface area contributed by atoms with E-state index < -0.39 is 0 Å². The summed E-state index contributed by atoms with van der Waals surface area (Å²) in [6, 6.07) is 7.32. The van der Waals surface area contributed by atoms with Crippen molar-refractivity contribution in [3.63, 3.8) is 0 Å². The lowest BCUT2D eigenvalue weighted by Gasteiger charge is -2.07. The number of fused-ring (bicyclic) bond motifs is 1. The van der Waals surface area contributed by atoms with Gasteiger partial charge in [-0.05, 0) is 24.6 Å². The fourth-order valence-corrected chi connectivity index (χ4v) is 1.68. The van der Waals surface area contributed by atoms with E-state index in [1.54, 1.807) is 13.2 Å². The Balaban J connectivity index is 2.76. The third kappa shape index (κ3) is 1.61. The number of methoxy groups -OCH3 is 1. The third-order valence-electron chi connectivity index (χ3n) is 2.48. The molecule has 1 N–H and O–H groups in total. The number of ether oxygens (including phenoxy) is 1. The van der Waals surface area contributed by atoms with Gasteiger partial charge in [0.2, 0.25) is 5.88 Å². The summed E-state index contributed by atoms with van der Waals surface area (Å²) in [6.45, 7) is 2.00. The summed E-state index contributed by atoms with van der Waals surface area (Å²) in [5.74, 6) is 0.869. The van der Waals surface area contributed by atoms with E-state index in [2.05, 4.69) is 4.98 Å². The van der Waals surface area contributed by atoms with Gasteiger partial charge in [0, 0.05) is 17.0 Å². The van der Waals surface area contributed by atoms with Gasteiger partial charge >= 0.3 is 0 Å². The predicted octanol–water partition coefficient (Wildman–Crippen LogP) is 2.51.